The molecule has 172 valence electrons. The zero-order chi connectivity index (χ0) is 23.4. The lowest BCUT2D eigenvalue weighted by Gasteiger charge is -2.13. The first-order valence-corrected chi connectivity index (χ1v) is 11.1. The number of rotatable bonds is 9. The summed E-state index contributed by atoms with van der Waals surface area (Å²) < 4.78 is 15.0. The second-order valence-electron chi connectivity index (χ2n) is 7.69. The van der Waals surface area contributed by atoms with Crippen LogP contribution in [0, 0.1) is 6.92 Å². The Hall–Kier alpha value is -3.81. The molecule has 33 heavy (non-hydrogen) atoms. The first-order valence-electron chi connectivity index (χ1n) is 11.1. The smallest absolute Gasteiger partial charge is 0.273 e. The van der Waals surface area contributed by atoms with E-state index in [1.165, 1.54) is 6.07 Å². The first kappa shape index (κ1) is 22.4. The maximum atomic E-state index is 12.8. The van der Waals surface area contributed by atoms with Gasteiger partial charge in [-0.2, -0.15) is 4.98 Å². The van der Waals surface area contributed by atoms with Gasteiger partial charge in [-0.15, -0.1) is 0 Å². The molecule has 0 spiro atoms. The predicted octanol–water partition coefficient (Wildman–Crippen LogP) is 3.11. The normalized spacial score (nSPS) is 11.1. The van der Waals surface area contributed by atoms with Gasteiger partial charge in [0.05, 0.1) is 18.7 Å². The zero-order valence-corrected chi connectivity index (χ0v) is 19.1. The molecule has 1 N–H and O–H groups in total. The van der Waals surface area contributed by atoms with Crippen molar-refractivity contribution in [1.29, 1.82) is 0 Å². The first-order chi connectivity index (χ1) is 16.0. The molecule has 4 aromatic rings. The molecule has 0 saturated heterocycles. The summed E-state index contributed by atoms with van der Waals surface area (Å²) >= 11 is 0. The van der Waals surface area contributed by atoms with Gasteiger partial charge in [-0.25, -0.2) is 4.52 Å². The van der Waals surface area contributed by atoms with Crippen LogP contribution in [0.25, 0.3) is 16.6 Å². The Morgan fingerprint density at radius 1 is 1.03 bits per heavy atom. The molecule has 0 aliphatic heterocycles. The van der Waals surface area contributed by atoms with Crippen molar-refractivity contribution < 1.29 is 14.3 Å². The zero-order valence-electron chi connectivity index (χ0n) is 19.1. The summed E-state index contributed by atoms with van der Waals surface area (Å²) in [5.41, 5.74) is 2.90. The molecule has 8 heteroatoms. The topological polar surface area (TPSA) is 86.9 Å². The Morgan fingerprint density at radius 3 is 2.58 bits per heavy atom. The number of nitrogens with one attached hydrogen (secondary N) is 1. The fraction of sp³-hybridized carbons (Fsp3) is 0.320. The fourth-order valence-corrected chi connectivity index (χ4v) is 4.01. The molecule has 0 aliphatic carbocycles. The quantitative estimate of drug-likeness (QED) is 0.425. The van der Waals surface area contributed by atoms with Gasteiger partial charge in [0.2, 0.25) is 5.91 Å². The number of fused-ring (bicyclic) bond motifs is 3. The van der Waals surface area contributed by atoms with Crippen molar-refractivity contribution in [2.75, 3.05) is 19.8 Å². The third-order valence-electron chi connectivity index (χ3n) is 5.38. The van der Waals surface area contributed by atoms with Crippen molar-refractivity contribution in [3.05, 3.63) is 70.1 Å². The Balaban J connectivity index is 1.49. The lowest BCUT2D eigenvalue weighted by Crippen LogP contribution is -2.31. The summed E-state index contributed by atoms with van der Waals surface area (Å²) in [6.45, 7) is 7.44. The third-order valence-corrected chi connectivity index (χ3v) is 5.38. The van der Waals surface area contributed by atoms with E-state index in [1.807, 2.05) is 72.4 Å². The van der Waals surface area contributed by atoms with Gasteiger partial charge in [-0.05, 0) is 57.0 Å². The highest BCUT2D eigenvalue weighted by atomic mass is 16.5. The number of aryl methyl sites for hydroxylation is 1. The van der Waals surface area contributed by atoms with Crippen molar-refractivity contribution in [3.63, 3.8) is 0 Å². The van der Waals surface area contributed by atoms with Gasteiger partial charge in [0, 0.05) is 23.7 Å². The summed E-state index contributed by atoms with van der Waals surface area (Å²) in [6.07, 6.45) is 0.665. The maximum Gasteiger partial charge on any atom is 0.273 e. The predicted molar refractivity (Wildman–Crippen MR) is 127 cm³/mol. The Kier molecular flexibility index (Phi) is 6.63. The third kappa shape index (κ3) is 4.69. The van der Waals surface area contributed by atoms with Crippen molar-refractivity contribution in [2.24, 2.45) is 0 Å². The van der Waals surface area contributed by atoms with Crippen LogP contribution in [-0.2, 0) is 17.8 Å². The molecule has 0 saturated carbocycles. The van der Waals surface area contributed by atoms with E-state index in [1.54, 1.807) is 0 Å². The highest BCUT2D eigenvalue weighted by Gasteiger charge is 2.15. The van der Waals surface area contributed by atoms with Crippen LogP contribution in [0.15, 0.2) is 53.3 Å². The van der Waals surface area contributed by atoms with Crippen LogP contribution in [0.5, 0.6) is 11.5 Å². The molecule has 0 atom stereocenters. The average Bonchev–Trinajstić information content (AvgIpc) is 3.09. The summed E-state index contributed by atoms with van der Waals surface area (Å²) in [4.78, 5) is 28.9. The minimum atomic E-state index is -0.290. The van der Waals surface area contributed by atoms with Crippen LogP contribution >= 0.6 is 0 Å². The molecule has 0 fully saturated rings. The minimum Gasteiger partial charge on any atom is -0.490 e. The minimum absolute atomic E-state index is 0.114. The SMILES string of the molecule is CCOc1ccc(CCNC(=O)Cn2c3ccccc3c3nc(=O)cc(C)n32)cc1OCC. The number of hydrogen-bond acceptors (Lipinski definition) is 5. The summed E-state index contributed by atoms with van der Waals surface area (Å²) in [5, 5.41) is 3.83. The van der Waals surface area contributed by atoms with Crippen molar-refractivity contribution >= 4 is 22.5 Å². The van der Waals surface area contributed by atoms with Gasteiger partial charge in [0.25, 0.3) is 5.56 Å². The van der Waals surface area contributed by atoms with E-state index in [0.29, 0.717) is 37.6 Å². The van der Waals surface area contributed by atoms with Crippen LogP contribution in [0.4, 0.5) is 0 Å². The molecule has 4 rings (SSSR count). The van der Waals surface area contributed by atoms with Gasteiger partial charge in [0.1, 0.15) is 6.54 Å². The second kappa shape index (κ2) is 9.77. The van der Waals surface area contributed by atoms with Crippen LogP contribution in [-0.4, -0.2) is 39.8 Å². The standard InChI is InChI=1S/C25H28N4O4/c1-4-32-21-11-10-18(15-22(21)33-5-2)12-13-26-24(31)16-28-20-9-7-6-8-19(20)25-27-23(30)14-17(3)29(25)28/h6-11,14-15H,4-5,12-13,16H2,1-3H3,(H,26,31). The fourth-order valence-electron chi connectivity index (χ4n) is 4.01. The Morgan fingerprint density at radius 2 is 1.79 bits per heavy atom. The maximum absolute atomic E-state index is 12.8. The van der Waals surface area contributed by atoms with E-state index in [0.717, 1.165) is 27.9 Å². The molecule has 2 aromatic heterocycles. The molecule has 0 radical (unpaired) electrons. The molecule has 2 aromatic carbocycles. The number of hydrogen-bond donors (Lipinski definition) is 1. The molecular weight excluding hydrogens is 420 g/mol. The number of carbonyl (C=O) groups is 1. The molecule has 0 bridgehead atoms. The molecule has 1 amide bonds. The van der Waals surface area contributed by atoms with E-state index in [-0.39, 0.29) is 18.0 Å². The molecule has 0 aliphatic rings. The van der Waals surface area contributed by atoms with Gasteiger partial charge in [-0.3, -0.25) is 14.3 Å². The highest BCUT2D eigenvalue weighted by molar-refractivity contribution is 5.93. The number of carbonyl (C=O) groups excluding carboxylic acids is 1. The van der Waals surface area contributed by atoms with E-state index in [4.69, 9.17) is 9.47 Å². The van der Waals surface area contributed by atoms with Gasteiger partial charge in [0.15, 0.2) is 17.1 Å². The van der Waals surface area contributed by atoms with Crippen molar-refractivity contribution in [2.45, 2.75) is 33.7 Å². The van der Waals surface area contributed by atoms with Crippen molar-refractivity contribution in [1.82, 2.24) is 19.5 Å². The summed E-state index contributed by atoms with van der Waals surface area (Å²) in [6, 6.07) is 15.0. The van der Waals surface area contributed by atoms with E-state index < -0.39 is 0 Å². The van der Waals surface area contributed by atoms with E-state index in [9.17, 15) is 9.59 Å². The van der Waals surface area contributed by atoms with Gasteiger partial charge < -0.3 is 14.8 Å². The summed E-state index contributed by atoms with van der Waals surface area (Å²) in [5.74, 6) is 1.32. The van der Waals surface area contributed by atoms with Crippen molar-refractivity contribution in [3.8, 4) is 11.5 Å². The summed E-state index contributed by atoms with van der Waals surface area (Å²) in [7, 11) is 0. The van der Waals surface area contributed by atoms with Crippen LogP contribution in [0.2, 0.25) is 0 Å². The number of benzene rings is 2. The largest absolute Gasteiger partial charge is 0.490 e. The Labute approximate surface area is 191 Å². The number of ether oxygens (including phenoxy) is 2. The molecule has 2 heterocycles. The van der Waals surface area contributed by atoms with Crippen LogP contribution in [0.3, 0.4) is 0 Å². The van der Waals surface area contributed by atoms with Crippen LogP contribution < -0.4 is 20.3 Å². The average molecular weight is 449 g/mol. The molecule has 0 unspecified atom stereocenters. The van der Waals surface area contributed by atoms with Gasteiger partial charge in [-0.1, -0.05) is 18.2 Å². The number of amides is 1. The number of para-hydroxylation sites is 1. The highest BCUT2D eigenvalue weighted by Crippen LogP contribution is 2.28. The number of aromatic nitrogens is 3. The second-order valence-corrected chi connectivity index (χ2v) is 7.69. The van der Waals surface area contributed by atoms with Crippen LogP contribution in [0.1, 0.15) is 25.1 Å². The molecular formula is C25H28N4O4. The van der Waals surface area contributed by atoms with E-state index in [2.05, 4.69) is 10.3 Å². The molecule has 8 nitrogen and oxygen atoms in total. The lowest BCUT2D eigenvalue weighted by molar-refractivity contribution is -0.121. The number of nitrogens with zero attached hydrogens (tertiary/aromatic N) is 3. The Bertz CT molecular complexity index is 1360. The van der Waals surface area contributed by atoms with E-state index >= 15 is 0 Å². The van der Waals surface area contributed by atoms with Gasteiger partial charge >= 0.3 is 0 Å². The monoisotopic (exact) mass is 448 g/mol. The lowest BCUT2D eigenvalue weighted by atomic mass is 10.1.